The van der Waals surface area contributed by atoms with Crippen molar-refractivity contribution >= 4 is 55.6 Å². The molecule has 2 nitrogen and oxygen atoms in total. The van der Waals surface area contributed by atoms with Crippen LogP contribution in [0.25, 0.3) is 0 Å². The number of nitrogens with one attached hydrogen (secondary N) is 1. The van der Waals surface area contributed by atoms with Crippen molar-refractivity contribution in [1.29, 1.82) is 0 Å². The van der Waals surface area contributed by atoms with Crippen molar-refractivity contribution in [3.8, 4) is 0 Å². The number of nitrogen functional groups attached to an aromatic ring is 1. The molecule has 5 heteroatoms. The van der Waals surface area contributed by atoms with Crippen molar-refractivity contribution in [1.82, 2.24) is 0 Å². The van der Waals surface area contributed by atoms with Gasteiger partial charge in [-0.15, -0.1) is 0 Å². The Hall–Kier alpha value is -0.820. The van der Waals surface area contributed by atoms with Crippen LogP contribution in [0.1, 0.15) is 0 Å². The molecular formula is C12H9BrFIN2. The van der Waals surface area contributed by atoms with Gasteiger partial charge in [-0.2, -0.15) is 0 Å². The van der Waals surface area contributed by atoms with Crippen LogP contribution in [0.2, 0.25) is 0 Å². The first kappa shape index (κ1) is 12.6. The predicted molar refractivity (Wildman–Crippen MR) is 81.0 cm³/mol. The average Bonchev–Trinajstić information content (AvgIpc) is 2.27. The standard InChI is InChI=1S/C12H9BrFIN2/c13-9-3-2-8(6-10(9)14)17-12-4-1-7(16)5-11(12)15/h1-6,17H,16H2. The molecule has 0 heterocycles. The molecule has 0 aromatic heterocycles. The first-order valence-corrected chi connectivity index (χ1v) is 6.70. The molecule has 0 spiro atoms. The topological polar surface area (TPSA) is 38.0 Å². The highest BCUT2D eigenvalue weighted by atomic mass is 127. The van der Waals surface area contributed by atoms with Crippen molar-refractivity contribution in [2.75, 3.05) is 11.1 Å². The molecule has 0 radical (unpaired) electrons. The van der Waals surface area contributed by atoms with Gasteiger partial charge in [-0.05, 0) is 74.9 Å². The van der Waals surface area contributed by atoms with E-state index in [1.807, 2.05) is 12.1 Å². The summed E-state index contributed by atoms with van der Waals surface area (Å²) >= 11 is 5.30. The molecule has 2 aromatic rings. The van der Waals surface area contributed by atoms with Gasteiger partial charge in [-0.1, -0.05) is 0 Å². The quantitative estimate of drug-likeness (QED) is 0.568. The molecule has 0 aliphatic rings. The number of benzene rings is 2. The normalized spacial score (nSPS) is 10.3. The van der Waals surface area contributed by atoms with Crippen LogP contribution in [0.3, 0.4) is 0 Å². The van der Waals surface area contributed by atoms with E-state index in [0.717, 1.165) is 9.26 Å². The van der Waals surface area contributed by atoms with Crippen molar-refractivity contribution in [3.63, 3.8) is 0 Å². The highest BCUT2D eigenvalue weighted by Gasteiger charge is 2.03. The van der Waals surface area contributed by atoms with Gasteiger partial charge in [-0.25, -0.2) is 4.39 Å². The SMILES string of the molecule is Nc1ccc(Nc2ccc(Br)c(F)c2)c(I)c1. The van der Waals surface area contributed by atoms with Crippen LogP contribution in [0, 0.1) is 9.39 Å². The van der Waals surface area contributed by atoms with Gasteiger partial charge >= 0.3 is 0 Å². The molecule has 0 atom stereocenters. The maximum absolute atomic E-state index is 13.3. The van der Waals surface area contributed by atoms with Crippen LogP contribution < -0.4 is 11.1 Å². The summed E-state index contributed by atoms with van der Waals surface area (Å²) in [6, 6.07) is 10.5. The lowest BCUT2D eigenvalue weighted by Crippen LogP contribution is -1.95. The number of hydrogen-bond donors (Lipinski definition) is 2. The zero-order chi connectivity index (χ0) is 12.4. The summed E-state index contributed by atoms with van der Waals surface area (Å²) in [5, 5.41) is 3.14. The minimum atomic E-state index is -0.291. The average molecular weight is 407 g/mol. The second kappa shape index (κ2) is 5.22. The maximum Gasteiger partial charge on any atom is 0.139 e. The number of anilines is 3. The fraction of sp³-hybridized carbons (Fsp3) is 0. The molecule has 0 saturated carbocycles. The monoisotopic (exact) mass is 406 g/mol. The lowest BCUT2D eigenvalue weighted by molar-refractivity contribution is 0.622. The molecule has 88 valence electrons. The summed E-state index contributed by atoms with van der Waals surface area (Å²) in [5.41, 5.74) is 7.98. The Balaban J connectivity index is 2.28. The summed E-state index contributed by atoms with van der Waals surface area (Å²) in [6.45, 7) is 0. The van der Waals surface area contributed by atoms with E-state index in [4.69, 9.17) is 5.73 Å². The van der Waals surface area contributed by atoms with Gasteiger partial charge in [0, 0.05) is 14.9 Å². The molecule has 0 fully saturated rings. The zero-order valence-corrected chi connectivity index (χ0v) is 12.4. The van der Waals surface area contributed by atoms with Crippen LogP contribution in [-0.4, -0.2) is 0 Å². The fourth-order valence-corrected chi connectivity index (χ4v) is 2.28. The van der Waals surface area contributed by atoms with Gasteiger partial charge in [0.15, 0.2) is 0 Å². The molecular weight excluding hydrogens is 398 g/mol. The summed E-state index contributed by atoms with van der Waals surface area (Å²) < 4.78 is 14.8. The summed E-state index contributed by atoms with van der Waals surface area (Å²) in [6.07, 6.45) is 0. The minimum Gasteiger partial charge on any atom is -0.399 e. The molecule has 0 amide bonds. The van der Waals surface area contributed by atoms with Crippen LogP contribution >= 0.6 is 38.5 Å². The van der Waals surface area contributed by atoms with Crippen LogP contribution in [-0.2, 0) is 0 Å². The third-order valence-corrected chi connectivity index (χ3v) is 3.73. The minimum absolute atomic E-state index is 0.291. The molecule has 0 unspecified atom stereocenters. The lowest BCUT2D eigenvalue weighted by Gasteiger charge is -2.09. The molecule has 2 rings (SSSR count). The molecule has 0 aliphatic heterocycles. The Morgan fingerprint density at radius 3 is 2.59 bits per heavy atom. The molecule has 0 saturated heterocycles. The Morgan fingerprint density at radius 1 is 1.18 bits per heavy atom. The second-order valence-corrected chi connectivity index (χ2v) is 5.51. The fourth-order valence-electron chi connectivity index (χ4n) is 1.36. The third-order valence-electron chi connectivity index (χ3n) is 2.19. The molecule has 17 heavy (non-hydrogen) atoms. The van der Waals surface area contributed by atoms with Gasteiger partial charge in [0.25, 0.3) is 0 Å². The highest BCUT2D eigenvalue weighted by Crippen LogP contribution is 2.26. The number of nitrogens with two attached hydrogens (primary N) is 1. The van der Waals surface area contributed by atoms with Gasteiger partial charge in [0.1, 0.15) is 5.82 Å². The lowest BCUT2D eigenvalue weighted by atomic mass is 10.2. The van der Waals surface area contributed by atoms with E-state index in [-0.39, 0.29) is 5.82 Å². The van der Waals surface area contributed by atoms with Gasteiger partial charge in [0.05, 0.1) is 10.2 Å². The largest absolute Gasteiger partial charge is 0.399 e. The summed E-state index contributed by atoms with van der Waals surface area (Å²) in [7, 11) is 0. The predicted octanol–water partition coefficient (Wildman–Crippen LogP) is 4.52. The van der Waals surface area contributed by atoms with Crippen LogP contribution in [0.5, 0.6) is 0 Å². The van der Waals surface area contributed by atoms with Crippen molar-refractivity contribution in [2.24, 2.45) is 0 Å². The highest BCUT2D eigenvalue weighted by molar-refractivity contribution is 14.1. The smallest absolute Gasteiger partial charge is 0.139 e. The molecule has 3 N–H and O–H groups in total. The van der Waals surface area contributed by atoms with Crippen LogP contribution in [0.15, 0.2) is 40.9 Å². The Morgan fingerprint density at radius 2 is 1.94 bits per heavy atom. The maximum atomic E-state index is 13.3. The van der Waals surface area contributed by atoms with E-state index in [2.05, 4.69) is 43.8 Å². The molecule has 2 aromatic carbocycles. The van der Waals surface area contributed by atoms with E-state index in [1.54, 1.807) is 18.2 Å². The van der Waals surface area contributed by atoms with Gasteiger partial charge in [-0.3, -0.25) is 0 Å². The second-order valence-electron chi connectivity index (χ2n) is 3.49. The molecule has 0 bridgehead atoms. The van der Waals surface area contributed by atoms with Crippen molar-refractivity contribution in [3.05, 3.63) is 50.3 Å². The number of halogens is 3. The van der Waals surface area contributed by atoms with E-state index in [9.17, 15) is 4.39 Å². The Bertz CT molecular complexity index is 560. The molecule has 0 aliphatic carbocycles. The van der Waals surface area contributed by atoms with E-state index < -0.39 is 0 Å². The van der Waals surface area contributed by atoms with Gasteiger partial charge in [0.2, 0.25) is 0 Å². The summed E-state index contributed by atoms with van der Waals surface area (Å²) in [5.74, 6) is -0.291. The van der Waals surface area contributed by atoms with E-state index in [1.165, 1.54) is 6.07 Å². The Labute approximate surface area is 121 Å². The van der Waals surface area contributed by atoms with E-state index in [0.29, 0.717) is 15.8 Å². The van der Waals surface area contributed by atoms with Crippen molar-refractivity contribution in [2.45, 2.75) is 0 Å². The summed E-state index contributed by atoms with van der Waals surface area (Å²) in [4.78, 5) is 0. The number of hydrogen-bond acceptors (Lipinski definition) is 2. The number of rotatable bonds is 2. The van der Waals surface area contributed by atoms with E-state index >= 15 is 0 Å². The third kappa shape index (κ3) is 3.10. The van der Waals surface area contributed by atoms with Crippen molar-refractivity contribution < 1.29 is 4.39 Å². The Kier molecular flexibility index (Phi) is 3.88. The zero-order valence-electron chi connectivity index (χ0n) is 8.68. The first-order valence-electron chi connectivity index (χ1n) is 4.83. The first-order chi connectivity index (χ1) is 8.06. The van der Waals surface area contributed by atoms with Crippen LogP contribution in [0.4, 0.5) is 21.5 Å². The van der Waals surface area contributed by atoms with Gasteiger partial charge < -0.3 is 11.1 Å².